The summed E-state index contributed by atoms with van der Waals surface area (Å²) in [5, 5.41) is 7.06. The number of aromatic nitrogens is 2. The zero-order valence-electron chi connectivity index (χ0n) is 20.6. The number of hydrogen-bond donors (Lipinski definition) is 3. The Morgan fingerprint density at radius 1 is 1.17 bits per heavy atom. The topological polar surface area (TPSA) is 120 Å². The average Bonchev–Trinajstić information content (AvgIpc) is 3.18. The summed E-state index contributed by atoms with van der Waals surface area (Å²) < 4.78 is 17.2. The van der Waals surface area contributed by atoms with Crippen molar-refractivity contribution >= 4 is 17.7 Å². The van der Waals surface area contributed by atoms with Crippen molar-refractivity contribution in [3.63, 3.8) is 0 Å². The predicted octanol–water partition coefficient (Wildman–Crippen LogP) is 4.27. The molecule has 5 rings (SSSR count). The molecule has 9 heteroatoms. The molecule has 4 heterocycles. The quantitative estimate of drug-likeness (QED) is 0.483. The molecule has 0 bridgehead atoms. The fourth-order valence-electron chi connectivity index (χ4n) is 4.66. The number of pyridine rings is 1. The summed E-state index contributed by atoms with van der Waals surface area (Å²) in [6, 6.07) is 8.15. The van der Waals surface area contributed by atoms with E-state index in [1.807, 2.05) is 58.2 Å². The molecule has 1 unspecified atom stereocenters. The van der Waals surface area contributed by atoms with E-state index < -0.39 is 5.79 Å². The summed E-state index contributed by atoms with van der Waals surface area (Å²) >= 11 is 0. The van der Waals surface area contributed by atoms with Crippen LogP contribution in [-0.2, 0) is 10.5 Å². The lowest BCUT2D eigenvalue weighted by Gasteiger charge is -2.34. The lowest BCUT2D eigenvalue weighted by Crippen LogP contribution is -2.45. The number of nitrogens with one attached hydrogen (secondary N) is 2. The number of rotatable bonds is 6. The van der Waals surface area contributed by atoms with Crippen LogP contribution in [0.4, 0.5) is 11.5 Å². The Morgan fingerprint density at radius 2 is 1.97 bits per heavy atom. The molecule has 2 aliphatic heterocycles. The Morgan fingerprint density at radius 3 is 2.69 bits per heavy atom. The molecule has 0 spiro atoms. The molecule has 0 aliphatic carbocycles. The number of ether oxygens (including phenoxy) is 2. The van der Waals surface area contributed by atoms with Gasteiger partial charge in [-0.3, -0.25) is 5.73 Å². The smallest absolute Gasteiger partial charge is 0.212 e. The van der Waals surface area contributed by atoms with Crippen LogP contribution >= 0.6 is 0 Å². The van der Waals surface area contributed by atoms with E-state index >= 15 is 0 Å². The minimum Gasteiger partial charge on any atom is -0.493 e. The summed E-state index contributed by atoms with van der Waals surface area (Å²) in [6.07, 6.45) is 3.68. The van der Waals surface area contributed by atoms with E-state index in [1.54, 1.807) is 0 Å². The number of anilines is 2. The van der Waals surface area contributed by atoms with Crippen LogP contribution in [-0.4, -0.2) is 42.0 Å². The molecule has 0 radical (unpaired) electrons. The highest BCUT2D eigenvalue weighted by Crippen LogP contribution is 2.39. The lowest BCUT2D eigenvalue weighted by molar-refractivity contribution is 0.0904. The first-order valence-electron chi connectivity index (χ1n) is 12.1. The van der Waals surface area contributed by atoms with Gasteiger partial charge in [-0.05, 0) is 51.8 Å². The van der Waals surface area contributed by atoms with Crippen molar-refractivity contribution in [2.75, 3.05) is 30.5 Å². The molecule has 0 amide bonds. The van der Waals surface area contributed by atoms with Gasteiger partial charge in [0, 0.05) is 49.2 Å². The number of aliphatic imine (C=N–C) groups is 1. The Kier molecular flexibility index (Phi) is 6.21. The number of nitrogens with zero attached hydrogens (tertiary/aromatic N) is 3. The summed E-state index contributed by atoms with van der Waals surface area (Å²) in [5.74, 6) is 1.56. The van der Waals surface area contributed by atoms with Gasteiger partial charge in [-0.1, -0.05) is 6.07 Å². The van der Waals surface area contributed by atoms with Gasteiger partial charge in [0.1, 0.15) is 17.2 Å². The van der Waals surface area contributed by atoms with Crippen molar-refractivity contribution in [3.8, 4) is 17.0 Å². The largest absolute Gasteiger partial charge is 0.493 e. The van der Waals surface area contributed by atoms with Crippen LogP contribution in [0.2, 0.25) is 0 Å². The van der Waals surface area contributed by atoms with E-state index in [9.17, 15) is 0 Å². The van der Waals surface area contributed by atoms with Crippen molar-refractivity contribution in [2.45, 2.75) is 52.4 Å². The van der Waals surface area contributed by atoms with Gasteiger partial charge in [-0.2, -0.15) is 0 Å². The average molecular weight is 477 g/mol. The third kappa shape index (κ3) is 4.61. The maximum atomic E-state index is 6.89. The standard InChI is InChI=1S/C26H32N6O3/c1-5-34-22-13-18(23-16(3)35-17(4)30-23)6-7-21(22)26(27)28-14-19-12-15(2)29-25(24(19)32-26)31-20-8-10-33-11-9-20/h6-7,12-14,20,32H,5,8-11,27H2,1-4H3,(H,29,31). The summed E-state index contributed by atoms with van der Waals surface area (Å²) in [4.78, 5) is 14.0. The van der Waals surface area contributed by atoms with E-state index in [1.165, 1.54) is 0 Å². The van der Waals surface area contributed by atoms with Crippen LogP contribution in [0.15, 0.2) is 33.7 Å². The van der Waals surface area contributed by atoms with Crippen LogP contribution in [0.1, 0.15) is 48.2 Å². The molecule has 35 heavy (non-hydrogen) atoms. The van der Waals surface area contributed by atoms with Crippen molar-refractivity contribution < 1.29 is 13.9 Å². The summed E-state index contributed by atoms with van der Waals surface area (Å²) in [5.41, 5.74) is 12.0. The molecule has 2 aromatic heterocycles. The van der Waals surface area contributed by atoms with E-state index in [-0.39, 0.29) is 0 Å². The van der Waals surface area contributed by atoms with Gasteiger partial charge in [-0.15, -0.1) is 0 Å². The zero-order chi connectivity index (χ0) is 24.6. The Bertz CT molecular complexity index is 1260. The van der Waals surface area contributed by atoms with Gasteiger partial charge < -0.3 is 24.5 Å². The van der Waals surface area contributed by atoms with Gasteiger partial charge in [0.05, 0.1) is 17.9 Å². The van der Waals surface area contributed by atoms with Gasteiger partial charge in [0.2, 0.25) is 5.79 Å². The molecular weight excluding hydrogens is 444 g/mol. The molecule has 184 valence electrons. The first kappa shape index (κ1) is 23.3. The van der Waals surface area contributed by atoms with Crippen LogP contribution in [0.5, 0.6) is 5.75 Å². The van der Waals surface area contributed by atoms with Crippen molar-refractivity contribution in [1.29, 1.82) is 0 Å². The fraction of sp³-hybridized carbons (Fsp3) is 0.423. The molecule has 1 saturated heterocycles. The second-order valence-corrected chi connectivity index (χ2v) is 9.04. The molecule has 1 aromatic carbocycles. The van der Waals surface area contributed by atoms with Crippen molar-refractivity contribution in [3.05, 3.63) is 52.7 Å². The van der Waals surface area contributed by atoms with Crippen LogP contribution in [0.3, 0.4) is 0 Å². The molecule has 3 aromatic rings. The van der Waals surface area contributed by atoms with E-state index in [0.29, 0.717) is 24.3 Å². The maximum Gasteiger partial charge on any atom is 0.212 e. The Balaban J connectivity index is 1.52. The van der Waals surface area contributed by atoms with Crippen LogP contribution in [0, 0.1) is 20.8 Å². The molecule has 9 nitrogen and oxygen atoms in total. The molecular formula is C26H32N6O3. The van der Waals surface area contributed by atoms with Gasteiger partial charge >= 0.3 is 0 Å². The summed E-state index contributed by atoms with van der Waals surface area (Å²) in [6.45, 7) is 9.64. The third-order valence-electron chi connectivity index (χ3n) is 6.33. The first-order chi connectivity index (χ1) is 16.9. The Labute approximate surface area is 205 Å². The minimum absolute atomic E-state index is 0.294. The molecule has 0 saturated carbocycles. The molecule has 4 N–H and O–H groups in total. The van der Waals surface area contributed by atoms with E-state index in [2.05, 4.69) is 15.6 Å². The second kappa shape index (κ2) is 9.31. The summed E-state index contributed by atoms with van der Waals surface area (Å²) in [7, 11) is 0. The van der Waals surface area contributed by atoms with Gasteiger partial charge in [0.25, 0.3) is 0 Å². The highest BCUT2D eigenvalue weighted by atomic mass is 16.5. The van der Waals surface area contributed by atoms with Gasteiger partial charge in [0.15, 0.2) is 11.7 Å². The predicted molar refractivity (Wildman–Crippen MR) is 136 cm³/mol. The van der Waals surface area contributed by atoms with Gasteiger partial charge in [-0.25, -0.2) is 15.0 Å². The van der Waals surface area contributed by atoms with Crippen molar-refractivity contribution in [2.24, 2.45) is 10.7 Å². The number of hydrogen-bond acceptors (Lipinski definition) is 9. The molecule has 1 atom stereocenters. The second-order valence-electron chi connectivity index (χ2n) is 9.04. The maximum absolute atomic E-state index is 6.89. The highest BCUT2D eigenvalue weighted by molar-refractivity contribution is 5.94. The number of fused-ring (bicyclic) bond motifs is 1. The normalized spacial score (nSPS) is 19.8. The highest BCUT2D eigenvalue weighted by Gasteiger charge is 2.35. The molecule has 1 fully saturated rings. The van der Waals surface area contributed by atoms with Crippen LogP contribution < -0.4 is 21.1 Å². The van der Waals surface area contributed by atoms with E-state index in [4.69, 9.17) is 29.6 Å². The zero-order valence-corrected chi connectivity index (χ0v) is 20.6. The number of benzene rings is 1. The third-order valence-corrected chi connectivity index (χ3v) is 6.33. The minimum atomic E-state index is -1.23. The lowest BCUT2D eigenvalue weighted by atomic mass is 10.00. The SMILES string of the molecule is CCOc1cc(-c2nc(C)oc2C)ccc1C1(N)N=Cc2cc(C)nc(NC3CCOCC3)c2N1. The Hall–Kier alpha value is -3.43. The van der Waals surface area contributed by atoms with Crippen LogP contribution in [0.25, 0.3) is 11.3 Å². The number of oxazole rings is 1. The van der Waals surface area contributed by atoms with Crippen molar-refractivity contribution in [1.82, 2.24) is 9.97 Å². The number of nitrogens with two attached hydrogens (primary N) is 1. The number of aryl methyl sites for hydroxylation is 3. The first-order valence-corrected chi connectivity index (χ1v) is 12.1. The molecule has 2 aliphatic rings. The fourth-order valence-corrected chi connectivity index (χ4v) is 4.66. The monoisotopic (exact) mass is 476 g/mol. The van der Waals surface area contributed by atoms with E-state index in [0.717, 1.165) is 71.4 Å².